The van der Waals surface area contributed by atoms with E-state index >= 15 is 0 Å². The lowest BCUT2D eigenvalue weighted by Gasteiger charge is -2.16. The molecular formula is C15H18N2O4. The van der Waals surface area contributed by atoms with Crippen LogP contribution in [0.3, 0.4) is 0 Å². The molecule has 1 aromatic carbocycles. The summed E-state index contributed by atoms with van der Waals surface area (Å²) in [4.78, 5) is 22.2. The number of nitro groups is 1. The molecule has 0 aromatic heterocycles. The van der Waals surface area contributed by atoms with E-state index in [1.54, 1.807) is 0 Å². The Morgan fingerprint density at radius 3 is 2.48 bits per heavy atom. The molecule has 0 spiro atoms. The summed E-state index contributed by atoms with van der Waals surface area (Å²) in [7, 11) is 0. The lowest BCUT2D eigenvalue weighted by atomic mass is 9.98. The number of carbonyl (C=O) groups is 1. The molecule has 2 saturated carbocycles. The zero-order valence-electron chi connectivity index (χ0n) is 11.6. The van der Waals surface area contributed by atoms with Crippen molar-refractivity contribution in [3.8, 4) is 5.75 Å². The van der Waals surface area contributed by atoms with Gasteiger partial charge in [-0.05, 0) is 49.5 Å². The van der Waals surface area contributed by atoms with Gasteiger partial charge in [-0.3, -0.25) is 14.9 Å². The third-order valence-electron chi connectivity index (χ3n) is 4.41. The Morgan fingerprint density at radius 1 is 1.33 bits per heavy atom. The van der Waals surface area contributed by atoms with Crippen molar-refractivity contribution >= 4 is 11.6 Å². The van der Waals surface area contributed by atoms with Gasteiger partial charge in [0.1, 0.15) is 0 Å². The van der Waals surface area contributed by atoms with Crippen LogP contribution in [-0.4, -0.2) is 22.5 Å². The number of para-hydroxylation sites is 1. The van der Waals surface area contributed by atoms with Crippen LogP contribution in [0, 0.1) is 27.9 Å². The summed E-state index contributed by atoms with van der Waals surface area (Å²) in [6.45, 7) is 0.594. The van der Waals surface area contributed by atoms with Crippen molar-refractivity contribution < 1.29 is 14.8 Å². The number of amides is 1. The van der Waals surface area contributed by atoms with Crippen LogP contribution in [0.2, 0.25) is 0 Å². The normalized spacial score (nSPS) is 17.8. The van der Waals surface area contributed by atoms with Gasteiger partial charge in [-0.1, -0.05) is 6.07 Å². The number of phenols is 1. The lowest BCUT2D eigenvalue weighted by molar-refractivity contribution is -0.385. The summed E-state index contributed by atoms with van der Waals surface area (Å²) in [6, 6.07) is 4.00. The first kappa shape index (κ1) is 13.9. The second-order valence-electron chi connectivity index (χ2n) is 5.98. The van der Waals surface area contributed by atoms with Crippen molar-refractivity contribution in [2.24, 2.45) is 17.8 Å². The van der Waals surface area contributed by atoms with E-state index in [2.05, 4.69) is 5.32 Å². The number of nitro benzene ring substituents is 1. The first-order chi connectivity index (χ1) is 10.1. The quantitative estimate of drug-likeness (QED) is 0.621. The number of aromatic hydroxyl groups is 1. The molecule has 0 bridgehead atoms. The number of benzene rings is 1. The molecule has 2 aliphatic rings. The van der Waals surface area contributed by atoms with Crippen LogP contribution in [0.4, 0.5) is 5.69 Å². The SMILES string of the molecule is O=C(NCC(C1CC1)C1CC1)c1cccc([N+](=O)[O-])c1O. The predicted octanol–water partition coefficient (Wildman–Crippen LogP) is 2.47. The fourth-order valence-electron chi connectivity index (χ4n) is 2.93. The first-order valence-corrected chi connectivity index (χ1v) is 7.32. The van der Waals surface area contributed by atoms with Gasteiger partial charge in [-0.2, -0.15) is 0 Å². The molecule has 21 heavy (non-hydrogen) atoms. The smallest absolute Gasteiger partial charge is 0.311 e. The number of hydrogen-bond acceptors (Lipinski definition) is 4. The van der Waals surface area contributed by atoms with E-state index in [4.69, 9.17) is 0 Å². The third kappa shape index (κ3) is 2.99. The maximum atomic E-state index is 12.1. The van der Waals surface area contributed by atoms with Gasteiger partial charge in [-0.15, -0.1) is 0 Å². The average Bonchev–Trinajstić information content (AvgIpc) is 3.32. The van der Waals surface area contributed by atoms with Crippen LogP contribution in [0.1, 0.15) is 36.0 Å². The monoisotopic (exact) mass is 290 g/mol. The van der Waals surface area contributed by atoms with Gasteiger partial charge >= 0.3 is 5.69 Å². The summed E-state index contributed by atoms with van der Waals surface area (Å²) in [6.07, 6.45) is 4.94. The van der Waals surface area contributed by atoms with Gasteiger partial charge in [-0.25, -0.2) is 0 Å². The summed E-state index contributed by atoms with van der Waals surface area (Å²) in [5.41, 5.74) is -0.474. The molecule has 0 unspecified atom stereocenters. The number of nitrogens with one attached hydrogen (secondary N) is 1. The van der Waals surface area contributed by atoms with Crippen molar-refractivity contribution in [3.05, 3.63) is 33.9 Å². The highest BCUT2D eigenvalue weighted by Gasteiger charge is 2.41. The van der Waals surface area contributed by atoms with Crippen molar-refractivity contribution in [1.82, 2.24) is 5.32 Å². The minimum atomic E-state index is -0.691. The van der Waals surface area contributed by atoms with E-state index in [9.17, 15) is 20.0 Å². The third-order valence-corrected chi connectivity index (χ3v) is 4.41. The van der Waals surface area contributed by atoms with E-state index in [1.165, 1.54) is 43.9 Å². The minimum Gasteiger partial charge on any atom is -0.502 e. The molecule has 6 heteroatoms. The number of nitrogens with zero attached hydrogens (tertiary/aromatic N) is 1. The van der Waals surface area contributed by atoms with Crippen LogP contribution in [0.25, 0.3) is 0 Å². The minimum absolute atomic E-state index is 0.0328. The lowest BCUT2D eigenvalue weighted by Crippen LogP contribution is -2.31. The molecule has 1 aromatic rings. The molecule has 0 atom stereocenters. The Balaban J connectivity index is 1.67. The summed E-state index contributed by atoms with van der Waals surface area (Å²) in [5.74, 6) is 0.958. The van der Waals surface area contributed by atoms with E-state index in [0.29, 0.717) is 12.5 Å². The molecule has 0 radical (unpaired) electrons. The van der Waals surface area contributed by atoms with E-state index in [0.717, 1.165) is 11.8 Å². The predicted molar refractivity (Wildman–Crippen MR) is 76.0 cm³/mol. The topological polar surface area (TPSA) is 92.5 Å². The number of rotatable bonds is 6. The van der Waals surface area contributed by atoms with Gasteiger partial charge in [0.2, 0.25) is 5.75 Å². The van der Waals surface area contributed by atoms with E-state index < -0.39 is 22.3 Å². The van der Waals surface area contributed by atoms with Gasteiger partial charge in [0.15, 0.2) is 0 Å². The first-order valence-electron chi connectivity index (χ1n) is 7.32. The van der Waals surface area contributed by atoms with Gasteiger partial charge < -0.3 is 10.4 Å². The van der Waals surface area contributed by atoms with E-state index in [-0.39, 0.29) is 5.56 Å². The van der Waals surface area contributed by atoms with Crippen molar-refractivity contribution in [3.63, 3.8) is 0 Å². The van der Waals surface area contributed by atoms with Crippen molar-refractivity contribution in [1.29, 1.82) is 0 Å². The molecule has 2 fully saturated rings. The van der Waals surface area contributed by atoms with Gasteiger partial charge in [0, 0.05) is 12.6 Å². The fraction of sp³-hybridized carbons (Fsp3) is 0.533. The highest BCUT2D eigenvalue weighted by Crippen LogP contribution is 2.48. The van der Waals surface area contributed by atoms with Gasteiger partial charge in [0.25, 0.3) is 5.91 Å². The Labute approximate surface area is 122 Å². The van der Waals surface area contributed by atoms with Crippen molar-refractivity contribution in [2.75, 3.05) is 6.54 Å². The molecule has 0 aliphatic heterocycles. The zero-order chi connectivity index (χ0) is 15.0. The second kappa shape index (κ2) is 5.35. The fourth-order valence-corrected chi connectivity index (χ4v) is 2.93. The molecule has 3 rings (SSSR count). The number of hydrogen-bond donors (Lipinski definition) is 2. The van der Waals surface area contributed by atoms with Crippen molar-refractivity contribution in [2.45, 2.75) is 25.7 Å². The Bertz CT molecular complexity index is 567. The molecule has 2 N–H and O–H groups in total. The molecule has 6 nitrogen and oxygen atoms in total. The zero-order valence-corrected chi connectivity index (χ0v) is 11.6. The summed E-state index contributed by atoms with van der Waals surface area (Å²) in [5, 5.41) is 23.4. The average molecular weight is 290 g/mol. The molecular weight excluding hydrogens is 272 g/mol. The second-order valence-corrected chi connectivity index (χ2v) is 5.98. The van der Waals surface area contributed by atoms with Crippen LogP contribution >= 0.6 is 0 Å². The molecule has 112 valence electrons. The summed E-state index contributed by atoms with van der Waals surface area (Å²) < 4.78 is 0. The van der Waals surface area contributed by atoms with Crippen LogP contribution in [-0.2, 0) is 0 Å². The molecule has 2 aliphatic carbocycles. The number of carbonyl (C=O) groups excluding carboxylic acids is 1. The number of phenolic OH excluding ortho intramolecular Hbond substituents is 1. The molecule has 0 heterocycles. The Hall–Kier alpha value is -2.11. The van der Waals surface area contributed by atoms with Crippen LogP contribution < -0.4 is 5.32 Å². The highest BCUT2D eigenvalue weighted by atomic mass is 16.6. The van der Waals surface area contributed by atoms with E-state index in [1.807, 2.05) is 0 Å². The van der Waals surface area contributed by atoms with Gasteiger partial charge in [0.05, 0.1) is 10.5 Å². The summed E-state index contributed by atoms with van der Waals surface area (Å²) >= 11 is 0. The van der Waals surface area contributed by atoms with Crippen LogP contribution in [0.5, 0.6) is 5.75 Å². The largest absolute Gasteiger partial charge is 0.502 e. The standard InChI is InChI=1S/C15H18N2O4/c18-14-11(2-1-3-13(14)17(20)21)15(19)16-8-12(9-4-5-9)10-6-7-10/h1-3,9-10,12,18H,4-8H2,(H,16,19). The maximum absolute atomic E-state index is 12.1. The molecule has 0 saturated heterocycles. The Kier molecular flexibility index (Phi) is 3.53. The highest BCUT2D eigenvalue weighted by molar-refractivity contribution is 5.98. The Morgan fingerprint density at radius 2 is 1.95 bits per heavy atom. The maximum Gasteiger partial charge on any atom is 0.311 e. The molecule has 1 amide bonds. The van der Waals surface area contributed by atoms with Crippen LogP contribution in [0.15, 0.2) is 18.2 Å².